The molecule has 1 unspecified atom stereocenters. The van der Waals surface area contributed by atoms with Gasteiger partial charge >= 0.3 is 0 Å². The monoisotopic (exact) mass is 222 g/mol. The standard InChI is InChI=1S/C11H18N4O/c1-15-5-4-13-8-10(15)6-11(16)14-9-2-3-12-7-9/h2-3,7,10,12-13H,4-6,8H2,1H3,(H,14,16). The van der Waals surface area contributed by atoms with Crippen molar-refractivity contribution in [2.24, 2.45) is 0 Å². The Labute approximate surface area is 95.2 Å². The fourth-order valence-corrected chi connectivity index (χ4v) is 1.92. The number of piperazine rings is 1. The Balaban J connectivity index is 1.82. The minimum Gasteiger partial charge on any atom is -0.366 e. The maximum atomic E-state index is 11.7. The Morgan fingerprint density at radius 2 is 2.56 bits per heavy atom. The second kappa shape index (κ2) is 5.14. The number of H-pyrrole nitrogens is 1. The molecule has 16 heavy (non-hydrogen) atoms. The smallest absolute Gasteiger partial charge is 0.226 e. The van der Waals surface area contributed by atoms with Crippen molar-refractivity contribution in [3.8, 4) is 0 Å². The van der Waals surface area contributed by atoms with Crippen LogP contribution in [-0.2, 0) is 4.79 Å². The van der Waals surface area contributed by atoms with Crippen molar-refractivity contribution in [3.05, 3.63) is 18.5 Å². The van der Waals surface area contributed by atoms with E-state index in [2.05, 4.69) is 27.6 Å². The van der Waals surface area contributed by atoms with Gasteiger partial charge in [-0.2, -0.15) is 0 Å². The van der Waals surface area contributed by atoms with Crippen LogP contribution in [0.25, 0.3) is 0 Å². The molecule has 0 aliphatic carbocycles. The van der Waals surface area contributed by atoms with Crippen LogP contribution in [0.4, 0.5) is 5.69 Å². The van der Waals surface area contributed by atoms with E-state index in [1.165, 1.54) is 0 Å². The van der Waals surface area contributed by atoms with E-state index in [0.717, 1.165) is 25.3 Å². The summed E-state index contributed by atoms with van der Waals surface area (Å²) in [7, 11) is 2.06. The molecule has 1 aromatic heterocycles. The fraction of sp³-hybridized carbons (Fsp3) is 0.545. The number of hydrogen-bond donors (Lipinski definition) is 3. The number of aromatic amines is 1. The fourth-order valence-electron chi connectivity index (χ4n) is 1.92. The van der Waals surface area contributed by atoms with Gasteiger partial charge in [-0.05, 0) is 13.1 Å². The maximum absolute atomic E-state index is 11.7. The van der Waals surface area contributed by atoms with Gasteiger partial charge in [0, 0.05) is 44.5 Å². The van der Waals surface area contributed by atoms with E-state index in [1.807, 2.05) is 6.07 Å². The lowest BCUT2D eigenvalue weighted by molar-refractivity contribution is -0.117. The summed E-state index contributed by atoms with van der Waals surface area (Å²) in [6.45, 7) is 2.89. The minimum absolute atomic E-state index is 0.0696. The van der Waals surface area contributed by atoms with Crippen LogP contribution in [0.15, 0.2) is 18.5 Å². The van der Waals surface area contributed by atoms with Crippen molar-refractivity contribution in [1.29, 1.82) is 0 Å². The Morgan fingerprint density at radius 3 is 3.25 bits per heavy atom. The first-order valence-electron chi connectivity index (χ1n) is 5.59. The molecule has 1 saturated heterocycles. The van der Waals surface area contributed by atoms with Gasteiger partial charge in [0.1, 0.15) is 0 Å². The lowest BCUT2D eigenvalue weighted by Gasteiger charge is -2.32. The number of anilines is 1. The maximum Gasteiger partial charge on any atom is 0.226 e. The average Bonchev–Trinajstić information content (AvgIpc) is 2.74. The predicted octanol–water partition coefficient (Wildman–Crippen LogP) is 0.247. The van der Waals surface area contributed by atoms with Gasteiger partial charge in [-0.1, -0.05) is 0 Å². The molecule has 1 amide bonds. The summed E-state index contributed by atoms with van der Waals surface area (Å²) in [5.41, 5.74) is 0.830. The zero-order valence-electron chi connectivity index (χ0n) is 9.49. The molecule has 0 radical (unpaired) electrons. The lowest BCUT2D eigenvalue weighted by Crippen LogP contribution is -2.50. The highest BCUT2D eigenvalue weighted by Gasteiger charge is 2.21. The minimum atomic E-state index is 0.0696. The molecule has 0 spiro atoms. The molecule has 2 heterocycles. The van der Waals surface area contributed by atoms with Crippen LogP contribution in [0.2, 0.25) is 0 Å². The van der Waals surface area contributed by atoms with Gasteiger partial charge in [-0.25, -0.2) is 0 Å². The summed E-state index contributed by atoms with van der Waals surface area (Å²) < 4.78 is 0. The largest absolute Gasteiger partial charge is 0.366 e. The molecule has 1 aliphatic heterocycles. The van der Waals surface area contributed by atoms with Crippen LogP contribution in [0.3, 0.4) is 0 Å². The van der Waals surface area contributed by atoms with Gasteiger partial charge < -0.3 is 20.5 Å². The zero-order valence-corrected chi connectivity index (χ0v) is 9.49. The molecule has 0 bridgehead atoms. The van der Waals surface area contributed by atoms with Crippen LogP contribution >= 0.6 is 0 Å². The molecule has 2 rings (SSSR count). The molecular formula is C11H18N4O. The number of likely N-dealkylation sites (N-methyl/N-ethyl adjacent to an activating group) is 1. The van der Waals surface area contributed by atoms with Gasteiger partial charge in [0.15, 0.2) is 0 Å². The van der Waals surface area contributed by atoms with E-state index in [0.29, 0.717) is 12.5 Å². The van der Waals surface area contributed by atoms with Crippen LogP contribution in [0.1, 0.15) is 6.42 Å². The number of hydrogen-bond acceptors (Lipinski definition) is 3. The molecular weight excluding hydrogens is 204 g/mol. The van der Waals surface area contributed by atoms with Crippen LogP contribution < -0.4 is 10.6 Å². The van der Waals surface area contributed by atoms with E-state index < -0.39 is 0 Å². The van der Waals surface area contributed by atoms with E-state index in [-0.39, 0.29) is 5.91 Å². The molecule has 5 heteroatoms. The summed E-state index contributed by atoms with van der Waals surface area (Å²) in [5.74, 6) is 0.0696. The van der Waals surface area contributed by atoms with Gasteiger partial charge in [0.2, 0.25) is 5.91 Å². The van der Waals surface area contributed by atoms with Gasteiger partial charge in [0.05, 0.1) is 5.69 Å². The Kier molecular flexibility index (Phi) is 3.58. The van der Waals surface area contributed by atoms with E-state index >= 15 is 0 Å². The molecule has 3 N–H and O–H groups in total. The quantitative estimate of drug-likeness (QED) is 0.687. The molecule has 1 fully saturated rings. The molecule has 1 atom stereocenters. The number of aromatic nitrogens is 1. The number of carbonyl (C=O) groups excluding carboxylic acids is 1. The third kappa shape index (κ3) is 2.84. The molecule has 0 saturated carbocycles. The second-order valence-electron chi connectivity index (χ2n) is 4.19. The highest BCUT2D eigenvalue weighted by Crippen LogP contribution is 2.08. The summed E-state index contributed by atoms with van der Waals surface area (Å²) in [6.07, 6.45) is 4.11. The molecule has 1 aliphatic rings. The second-order valence-corrected chi connectivity index (χ2v) is 4.19. The summed E-state index contributed by atoms with van der Waals surface area (Å²) in [5, 5.41) is 6.17. The van der Waals surface area contributed by atoms with Gasteiger partial charge in [-0.15, -0.1) is 0 Å². The third-order valence-electron chi connectivity index (χ3n) is 2.95. The van der Waals surface area contributed by atoms with Crippen molar-refractivity contribution in [2.45, 2.75) is 12.5 Å². The molecule has 0 aromatic carbocycles. The van der Waals surface area contributed by atoms with E-state index in [4.69, 9.17) is 0 Å². The Morgan fingerprint density at radius 1 is 1.69 bits per heavy atom. The number of nitrogens with one attached hydrogen (secondary N) is 3. The highest BCUT2D eigenvalue weighted by molar-refractivity contribution is 5.90. The first-order valence-corrected chi connectivity index (χ1v) is 5.59. The average molecular weight is 222 g/mol. The lowest BCUT2D eigenvalue weighted by atomic mass is 10.1. The van der Waals surface area contributed by atoms with Crippen LogP contribution in [-0.4, -0.2) is 48.5 Å². The number of nitrogens with zero attached hydrogens (tertiary/aromatic N) is 1. The van der Waals surface area contributed by atoms with Crippen molar-refractivity contribution in [3.63, 3.8) is 0 Å². The van der Waals surface area contributed by atoms with Gasteiger partial charge in [-0.3, -0.25) is 4.79 Å². The summed E-state index contributed by atoms with van der Waals surface area (Å²) >= 11 is 0. The van der Waals surface area contributed by atoms with E-state index in [1.54, 1.807) is 12.4 Å². The molecule has 1 aromatic rings. The van der Waals surface area contributed by atoms with Crippen molar-refractivity contribution < 1.29 is 4.79 Å². The SMILES string of the molecule is CN1CCNCC1CC(=O)Nc1cc[nH]c1. The number of rotatable bonds is 3. The van der Waals surface area contributed by atoms with Crippen molar-refractivity contribution >= 4 is 11.6 Å². The summed E-state index contributed by atoms with van der Waals surface area (Å²) in [4.78, 5) is 16.9. The Bertz CT molecular complexity index is 336. The third-order valence-corrected chi connectivity index (χ3v) is 2.95. The first-order chi connectivity index (χ1) is 7.75. The zero-order chi connectivity index (χ0) is 11.4. The number of carbonyl (C=O) groups is 1. The van der Waals surface area contributed by atoms with Gasteiger partial charge in [0.25, 0.3) is 0 Å². The number of amides is 1. The predicted molar refractivity (Wildman–Crippen MR) is 63.3 cm³/mol. The first kappa shape index (κ1) is 11.2. The van der Waals surface area contributed by atoms with E-state index in [9.17, 15) is 4.79 Å². The Hall–Kier alpha value is -1.33. The normalized spacial score (nSPS) is 21.9. The van der Waals surface area contributed by atoms with Crippen molar-refractivity contribution in [1.82, 2.24) is 15.2 Å². The summed E-state index contributed by atoms with van der Waals surface area (Å²) in [6, 6.07) is 2.15. The molecule has 88 valence electrons. The highest BCUT2D eigenvalue weighted by atomic mass is 16.1. The van der Waals surface area contributed by atoms with Crippen LogP contribution in [0.5, 0.6) is 0 Å². The molecule has 5 nitrogen and oxygen atoms in total. The van der Waals surface area contributed by atoms with Crippen molar-refractivity contribution in [2.75, 3.05) is 32.0 Å². The van der Waals surface area contributed by atoms with Crippen LogP contribution in [0, 0.1) is 0 Å². The topological polar surface area (TPSA) is 60.2 Å².